The third-order valence-corrected chi connectivity index (χ3v) is 4.69. The first-order chi connectivity index (χ1) is 11.6. The molecule has 2 aromatic rings. The molecule has 0 atom stereocenters. The lowest BCUT2D eigenvalue weighted by Crippen LogP contribution is -2.27. The molecule has 3 rings (SSSR count). The fourth-order valence-corrected chi connectivity index (χ4v) is 2.79. The van der Waals surface area contributed by atoms with Gasteiger partial charge in [0.05, 0.1) is 6.54 Å². The molecule has 1 aliphatic carbocycles. The van der Waals surface area contributed by atoms with E-state index in [1.807, 2.05) is 31.2 Å². The molecule has 0 N–H and O–H groups in total. The number of carbonyl (C=O) groups is 1. The van der Waals surface area contributed by atoms with Crippen LogP contribution in [0.15, 0.2) is 34.9 Å². The van der Waals surface area contributed by atoms with E-state index in [0.29, 0.717) is 30.7 Å². The van der Waals surface area contributed by atoms with E-state index >= 15 is 0 Å². The van der Waals surface area contributed by atoms with Gasteiger partial charge < -0.3 is 9.32 Å². The van der Waals surface area contributed by atoms with Gasteiger partial charge in [-0.3, -0.25) is 9.69 Å². The summed E-state index contributed by atoms with van der Waals surface area (Å²) in [5.41, 5.74) is 1.46. The number of halogens is 1. The monoisotopic (exact) mass is 347 g/mol. The Morgan fingerprint density at radius 3 is 2.75 bits per heavy atom. The highest BCUT2D eigenvalue weighted by Gasteiger charge is 2.30. The number of aromatic nitrogens is 1. The number of hydrogen-bond acceptors (Lipinski definition) is 4. The Kier molecular flexibility index (Phi) is 5.21. The summed E-state index contributed by atoms with van der Waals surface area (Å²) in [5, 5.41) is 0.774. The predicted octanol–water partition coefficient (Wildman–Crippen LogP) is 3.58. The fourth-order valence-electron chi connectivity index (χ4n) is 2.59. The zero-order valence-corrected chi connectivity index (χ0v) is 14.8. The van der Waals surface area contributed by atoms with Crippen LogP contribution in [0.5, 0.6) is 0 Å². The van der Waals surface area contributed by atoms with Crippen LogP contribution in [0, 0.1) is 0 Å². The minimum Gasteiger partial charge on any atom is -0.447 e. The van der Waals surface area contributed by atoms with Crippen molar-refractivity contribution in [3.8, 4) is 0 Å². The van der Waals surface area contributed by atoms with Crippen molar-refractivity contribution < 1.29 is 9.21 Å². The van der Waals surface area contributed by atoms with Crippen LogP contribution < -0.4 is 0 Å². The van der Waals surface area contributed by atoms with Gasteiger partial charge in [-0.25, -0.2) is 4.98 Å². The second-order valence-electron chi connectivity index (χ2n) is 6.17. The summed E-state index contributed by atoms with van der Waals surface area (Å²) in [6.07, 6.45) is 3.80. The molecular weight excluding hydrogens is 326 g/mol. The Morgan fingerprint density at radius 2 is 2.08 bits per heavy atom. The molecule has 1 fully saturated rings. The summed E-state index contributed by atoms with van der Waals surface area (Å²) in [7, 11) is 1.75. The van der Waals surface area contributed by atoms with Crippen molar-refractivity contribution in [1.82, 2.24) is 14.8 Å². The van der Waals surface area contributed by atoms with Crippen molar-refractivity contribution in [2.45, 2.75) is 38.9 Å². The van der Waals surface area contributed by atoms with E-state index in [1.165, 1.54) is 19.1 Å². The first-order valence-electron chi connectivity index (χ1n) is 8.25. The van der Waals surface area contributed by atoms with E-state index in [-0.39, 0.29) is 5.91 Å². The first-order valence-corrected chi connectivity index (χ1v) is 8.63. The largest absolute Gasteiger partial charge is 0.447 e. The number of carbonyl (C=O) groups excluding carboxylic acids is 1. The second-order valence-corrected chi connectivity index (χ2v) is 6.58. The molecule has 0 radical (unpaired) electrons. The first kappa shape index (κ1) is 17.0. The molecule has 1 heterocycles. The molecule has 1 saturated carbocycles. The van der Waals surface area contributed by atoms with E-state index in [9.17, 15) is 4.79 Å². The molecule has 6 heteroatoms. The van der Waals surface area contributed by atoms with Crippen LogP contribution in [-0.4, -0.2) is 40.3 Å². The fraction of sp³-hybridized carbons (Fsp3) is 0.444. The molecule has 1 aromatic heterocycles. The van der Waals surface area contributed by atoms with Crippen LogP contribution in [0.4, 0.5) is 0 Å². The van der Waals surface area contributed by atoms with Gasteiger partial charge in [0, 0.05) is 31.2 Å². The molecular formula is C18H22ClN3O2. The number of benzene rings is 1. The highest BCUT2D eigenvalue weighted by molar-refractivity contribution is 6.31. The van der Waals surface area contributed by atoms with Crippen LogP contribution in [0.3, 0.4) is 0 Å². The maximum absolute atomic E-state index is 12.1. The quantitative estimate of drug-likeness (QED) is 0.768. The minimum atomic E-state index is -0.114. The Balaban J connectivity index is 1.70. The van der Waals surface area contributed by atoms with Gasteiger partial charge in [0.2, 0.25) is 5.89 Å². The van der Waals surface area contributed by atoms with Crippen LogP contribution in [0.1, 0.15) is 41.7 Å². The van der Waals surface area contributed by atoms with Crippen molar-refractivity contribution in [2.24, 2.45) is 0 Å². The van der Waals surface area contributed by atoms with Gasteiger partial charge >= 0.3 is 0 Å². The third kappa shape index (κ3) is 3.97. The summed E-state index contributed by atoms with van der Waals surface area (Å²) in [6.45, 7) is 3.91. The van der Waals surface area contributed by atoms with E-state index in [2.05, 4.69) is 9.88 Å². The number of amides is 1. The van der Waals surface area contributed by atoms with Crippen molar-refractivity contribution >= 4 is 17.5 Å². The molecule has 5 nitrogen and oxygen atoms in total. The number of oxazole rings is 1. The SMILES string of the molecule is CCN(C)C(=O)c1coc(CN(Cc2ccccc2Cl)C2CC2)n1. The second kappa shape index (κ2) is 7.36. The average Bonchev–Trinajstić information content (AvgIpc) is 3.34. The highest BCUT2D eigenvalue weighted by Crippen LogP contribution is 2.31. The summed E-state index contributed by atoms with van der Waals surface area (Å²) in [5.74, 6) is 0.457. The summed E-state index contributed by atoms with van der Waals surface area (Å²) in [4.78, 5) is 20.4. The van der Waals surface area contributed by atoms with Gasteiger partial charge in [-0.2, -0.15) is 0 Å². The average molecular weight is 348 g/mol. The predicted molar refractivity (Wildman–Crippen MR) is 92.9 cm³/mol. The molecule has 0 aliphatic heterocycles. The van der Waals surface area contributed by atoms with Crippen LogP contribution >= 0.6 is 11.6 Å². The molecule has 1 aliphatic rings. The zero-order valence-electron chi connectivity index (χ0n) is 14.0. The maximum atomic E-state index is 12.1. The van der Waals surface area contributed by atoms with Crippen molar-refractivity contribution in [2.75, 3.05) is 13.6 Å². The van der Waals surface area contributed by atoms with Gasteiger partial charge in [0.15, 0.2) is 5.69 Å². The highest BCUT2D eigenvalue weighted by atomic mass is 35.5. The molecule has 128 valence electrons. The van der Waals surface area contributed by atoms with Crippen LogP contribution in [0.2, 0.25) is 5.02 Å². The number of rotatable bonds is 7. The van der Waals surface area contributed by atoms with E-state index in [0.717, 1.165) is 17.1 Å². The lowest BCUT2D eigenvalue weighted by Gasteiger charge is -2.20. The third-order valence-electron chi connectivity index (χ3n) is 4.32. The number of hydrogen-bond donors (Lipinski definition) is 0. The van der Waals surface area contributed by atoms with E-state index in [1.54, 1.807) is 11.9 Å². The maximum Gasteiger partial charge on any atom is 0.275 e. The molecule has 1 amide bonds. The van der Waals surface area contributed by atoms with Gasteiger partial charge in [-0.1, -0.05) is 29.8 Å². The Bertz CT molecular complexity index is 712. The molecule has 0 unspecified atom stereocenters. The lowest BCUT2D eigenvalue weighted by molar-refractivity contribution is 0.0796. The van der Waals surface area contributed by atoms with Gasteiger partial charge in [0.1, 0.15) is 6.26 Å². The Hall–Kier alpha value is -1.85. The van der Waals surface area contributed by atoms with Gasteiger partial charge in [-0.15, -0.1) is 0 Å². The smallest absolute Gasteiger partial charge is 0.275 e. The lowest BCUT2D eigenvalue weighted by atomic mass is 10.2. The Labute approximate surface area is 147 Å². The standard InChI is InChI=1S/C18H22ClN3O2/c1-3-21(2)18(23)16-12-24-17(20-16)11-22(14-8-9-14)10-13-6-4-5-7-15(13)19/h4-7,12,14H,3,8-11H2,1-2H3. The van der Waals surface area contributed by atoms with Gasteiger partial charge in [0.25, 0.3) is 5.91 Å². The number of nitrogens with zero attached hydrogens (tertiary/aromatic N) is 3. The van der Waals surface area contributed by atoms with Crippen molar-refractivity contribution in [3.05, 3.63) is 52.7 Å². The minimum absolute atomic E-state index is 0.114. The summed E-state index contributed by atoms with van der Waals surface area (Å²) < 4.78 is 5.52. The van der Waals surface area contributed by atoms with Gasteiger partial charge in [-0.05, 0) is 31.4 Å². The Morgan fingerprint density at radius 1 is 1.33 bits per heavy atom. The van der Waals surface area contributed by atoms with Crippen molar-refractivity contribution in [3.63, 3.8) is 0 Å². The van der Waals surface area contributed by atoms with Crippen LogP contribution in [0.25, 0.3) is 0 Å². The topological polar surface area (TPSA) is 49.6 Å². The summed E-state index contributed by atoms with van der Waals surface area (Å²) >= 11 is 6.28. The van der Waals surface area contributed by atoms with E-state index in [4.69, 9.17) is 16.0 Å². The summed E-state index contributed by atoms with van der Waals surface area (Å²) in [6, 6.07) is 8.41. The molecule has 0 spiro atoms. The van der Waals surface area contributed by atoms with E-state index < -0.39 is 0 Å². The molecule has 0 saturated heterocycles. The molecule has 1 aromatic carbocycles. The zero-order chi connectivity index (χ0) is 17.1. The molecule has 0 bridgehead atoms. The van der Waals surface area contributed by atoms with Crippen molar-refractivity contribution in [1.29, 1.82) is 0 Å². The normalized spacial score (nSPS) is 14.2. The molecule has 24 heavy (non-hydrogen) atoms. The van der Waals surface area contributed by atoms with Crippen LogP contribution in [-0.2, 0) is 13.1 Å².